The Morgan fingerprint density at radius 2 is 1.57 bits per heavy atom. The molecule has 1 rings (SSSR count). The number of benzene rings is 1. The van der Waals surface area contributed by atoms with Crippen molar-refractivity contribution < 1.29 is 29.1 Å². The Bertz CT molecular complexity index is 916. The van der Waals surface area contributed by atoms with E-state index in [-0.39, 0.29) is 31.6 Å². The van der Waals surface area contributed by atoms with Gasteiger partial charge in [-0.2, -0.15) is 11.8 Å². The van der Waals surface area contributed by atoms with Crippen LogP contribution in [0.25, 0.3) is 0 Å². The molecule has 0 spiro atoms. The van der Waals surface area contributed by atoms with E-state index in [4.69, 9.17) is 11.5 Å². The lowest BCUT2D eigenvalue weighted by Gasteiger charge is -2.28. The molecule has 0 aliphatic rings. The summed E-state index contributed by atoms with van der Waals surface area (Å²) in [5, 5.41) is 17.4. The first kappa shape index (κ1) is 31.9. The van der Waals surface area contributed by atoms with E-state index in [1.807, 2.05) is 19.2 Å². The molecule has 0 aliphatic carbocycles. The normalized spacial score (nSPS) is 14.9. The van der Waals surface area contributed by atoms with Crippen LogP contribution in [0.3, 0.4) is 0 Å². The zero-order valence-electron chi connectivity index (χ0n) is 21.6. The number of nitrogens with one attached hydrogen (secondary N) is 3. The quantitative estimate of drug-likeness (QED) is 0.162. The summed E-state index contributed by atoms with van der Waals surface area (Å²) in [6.45, 7) is 3.62. The zero-order valence-corrected chi connectivity index (χ0v) is 22.4. The highest BCUT2D eigenvalue weighted by Crippen LogP contribution is 2.11. The molecule has 0 aromatic heterocycles. The predicted molar refractivity (Wildman–Crippen MR) is 142 cm³/mol. The number of hydrogen-bond donors (Lipinski definition) is 6. The van der Waals surface area contributed by atoms with Crippen LogP contribution in [-0.2, 0) is 30.4 Å². The van der Waals surface area contributed by atoms with Crippen molar-refractivity contribution in [3.63, 3.8) is 0 Å². The van der Waals surface area contributed by atoms with E-state index >= 15 is 0 Å². The number of rotatable bonds is 17. The molecule has 0 saturated heterocycles. The number of carboxylic acid groups (broad SMARTS) is 1. The summed E-state index contributed by atoms with van der Waals surface area (Å²) in [5.74, 6) is -3.39. The molecule has 12 heteroatoms. The Hall–Kier alpha value is -3.12. The van der Waals surface area contributed by atoms with Crippen molar-refractivity contribution in [2.75, 3.05) is 12.0 Å². The van der Waals surface area contributed by atoms with Gasteiger partial charge in [0.1, 0.15) is 18.1 Å². The third kappa shape index (κ3) is 11.6. The van der Waals surface area contributed by atoms with Gasteiger partial charge in [-0.3, -0.25) is 19.2 Å². The van der Waals surface area contributed by atoms with Crippen molar-refractivity contribution in [3.05, 3.63) is 35.9 Å². The van der Waals surface area contributed by atoms with E-state index in [2.05, 4.69) is 16.0 Å². The number of carbonyl (C=O) groups excluding carboxylic acids is 4. The lowest BCUT2D eigenvalue weighted by molar-refractivity contribution is -0.142. The SMILES string of the molecule is CCC(C)C(NC(=O)C(N)CCC(N)=O)C(=O)NC(Cc1ccccc1)C(=O)NC(CCSC)C(=O)O. The van der Waals surface area contributed by atoms with E-state index in [0.29, 0.717) is 12.2 Å². The summed E-state index contributed by atoms with van der Waals surface area (Å²) in [5.41, 5.74) is 11.7. The third-order valence-electron chi connectivity index (χ3n) is 5.97. The lowest BCUT2D eigenvalue weighted by atomic mass is 9.96. The number of aliphatic carboxylic acids is 1. The minimum Gasteiger partial charge on any atom is -0.480 e. The highest BCUT2D eigenvalue weighted by atomic mass is 32.2. The Labute approximate surface area is 221 Å². The molecule has 5 atom stereocenters. The Balaban J connectivity index is 3.10. The molecule has 11 nitrogen and oxygen atoms in total. The van der Waals surface area contributed by atoms with Gasteiger partial charge in [0, 0.05) is 12.8 Å². The second-order valence-corrected chi connectivity index (χ2v) is 9.90. The molecule has 37 heavy (non-hydrogen) atoms. The molecule has 1 aromatic rings. The first-order valence-electron chi connectivity index (χ1n) is 12.2. The molecule has 0 fully saturated rings. The molecule has 0 bridgehead atoms. The van der Waals surface area contributed by atoms with Crippen LogP contribution in [0.15, 0.2) is 30.3 Å². The van der Waals surface area contributed by atoms with Crippen molar-refractivity contribution in [2.24, 2.45) is 17.4 Å². The fourth-order valence-corrected chi connectivity index (χ4v) is 3.95. The first-order chi connectivity index (χ1) is 17.5. The average molecular weight is 538 g/mol. The summed E-state index contributed by atoms with van der Waals surface area (Å²) >= 11 is 1.46. The van der Waals surface area contributed by atoms with Gasteiger partial charge >= 0.3 is 5.97 Å². The van der Waals surface area contributed by atoms with Crippen LogP contribution in [-0.4, -0.2) is 70.9 Å². The summed E-state index contributed by atoms with van der Waals surface area (Å²) in [6, 6.07) is 4.75. The Morgan fingerprint density at radius 3 is 2.11 bits per heavy atom. The molecule has 5 unspecified atom stereocenters. The Morgan fingerprint density at radius 1 is 0.946 bits per heavy atom. The summed E-state index contributed by atoms with van der Waals surface area (Å²) in [4.78, 5) is 61.8. The second-order valence-electron chi connectivity index (χ2n) is 8.92. The van der Waals surface area contributed by atoms with E-state index in [9.17, 15) is 29.1 Å². The van der Waals surface area contributed by atoms with Crippen LogP contribution in [0.5, 0.6) is 0 Å². The van der Waals surface area contributed by atoms with Gasteiger partial charge in [-0.25, -0.2) is 4.79 Å². The molecule has 4 amide bonds. The standard InChI is InChI=1S/C25H39N5O6S/c1-4-15(2)21(30-22(32)17(26)10-11-20(27)31)24(34)29-19(14-16-8-6-5-7-9-16)23(33)28-18(25(35)36)12-13-37-3/h5-9,15,17-19,21H,4,10-14,26H2,1-3H3,(H2,27,31)(H,28,33)(H,29,34)(H,30,32)(H,35,36). The van der Waals surface area contributed by atoms with E-state index in [0.717, 1.165) is 5.56 Å². The van der Waals surface area contributed by atoms with E-state index < -0.39 is 53.8 Å². The van der Waals surface area contributed by atoms with Crippen molar-refractivity contribution in [1.29, 1.82) is 0 Å². The van der Waals surface area contributed by atoms with Crippen LogP contribution >= 0.6 is 11.8 Å². The van der Waals surface area contributed by atoms with Gasteiger partial charge in [0.15, 0.2) is 0 Å². The summed E-state index contributed by atoms with van der Waals surface area (Å²) < 4.78 is 0. The fraction of sp³-hybridized carbons (Fsp3) is 0.560. The molecule has 0 radical (unpaired) electrons. The number of amides is 4. The first-order valence-corrected chi connectivity index (χ1v) is 13.6. The third-order valence-corrected chi connectivity index (χ3v) is 6.62. The van der Waals surface area contributed by atoms with Gasteiger partial charge in [-0.1, -0.05) is 50.6 Å². The fourth-order valence-electron chi connectivity index (χ4n) is 3.48. The molecule has 0 aliphatic heterocycles. The molecule has 0 saturated carbocycles. The van der Waals surface area contributed by atoms with E-state index in [1.54, 1.807) is 31.2 Å². The summed E-state index contributed by atoms with van der Waals surface area (Å²) in [6.07, 6.45) is 2.68. The van der Waals surface area contributed by atoms with Gasteiger partial charge in [0.25, 0.3) is 0 Å². The highest BCUT2D eigenvalue weighted by Gasteiger charge is 2.32. The van der Waals surface area contributed by atoms with Gasteiger partial charge < -0.3 is 32.5 Å². The van der Waals surface area contributed by atoms with Crippen molar-refractivity contribution in [2.45, 2.75) is 70.1 Å². The van der Waals surface area contributed by atoms with Gasteiger partial charge in [-0.15, -0.1) is 0 Å². The molecule has 8 N–H and O–H groups in total. The maximum absolute atomic E-state index is 13.3. The van der Waals surface area contributed by atoms with Crippen molar-refractivity contribution in [3.8, 4) is 0 Å². The topological polar surface area (TPSA) is 194 Å². The van der Waals surface area contributed by atoms with Crippen LogP contribution in [0, 0.1) is 5.92 Å². The predicted octanol–water partition coefficient (Wildman–Crippen LogP) is 0.160. The van der Waals surface area contributed by atoms with Gasteiger partial charge in [-0.05, 0) is 36.3 Å². The summed E-state index contributed by atoms with van der Waals surface area (Å²) in [7, 11) is 0. The largest absolute Gasteiger partial charge is 0.480 e. The maximum Gasteiger partial charge on any atom is 0.326 e. The molecule has 1 aromatic carbocycles. The Kier molecular flexibility index (Phi) is 14.3. The minimum absolute atomic E-state index is 0.0294. The van der Waals surface area contributed by atoms with Gasteiger partial charge in [0.2, 0.25) is 23.6 Å². The molecular weight excluding hydrogens is 498 g/mol. The van der Waals surface area contributed by atoms with Crippen LogP contribution < -0.4 is 27.4 Å². The molecule has 0 heterocycles. The van der Waals surface area contributed by atoms with Gasteiger partial charge in [0.05, 0.1) is 6.04 Å². The number of primary amides is 1. The average Bonchev–Trinajstić information content (AvgIpc) is 2.87. The number of hydrogen-bond acceptors (Lipinski definition) is 7. The number of carboxylic acids is 1. The second kappa shape index (κ2) is 16.6. The number of carbonyl (C=O) groups is 5. The highest BCUT2D eigenvalue weighted by molar-refractivity contribution is 7.98. The van der Waals surface area contributed by atoms with Crippen molar-refractivity contribution >= 4 is 41.4 Å². The monoisotopic (exact) mass is 537 g/mol. The smallest absolute Gasteiger partial charge is 0.326 e. The molecular formula is C25H39N5O6S. The molecule has 206 valence electrons. The lowest BCUT2D eigenvalue weighted by Crippen LogP contribution is -2.59. The minimum atomic E-state index is -1.16. The van der Waals surface area contributed by atoms with Crippen LogP contribution in [0.1, 0.15) is 45.1 Å². The zero-order chi connectivity index (χ0) is 28.0. The number of thioether (sulfide) groups is 1. The number of nitrogens with two attached hydrogens (primary N) is 2. The van der Waals surface area contributed by atoms with E-state index in [1.165, 1.54) is 11.8 Å². The van der Waals surface area contributed by atoms with Crippen molar-refractivity contribution in [1.82, 2.24) is 16.0 Å². The maximum atomic E-state index is 13.3. The van der Waals surface area contributed by atoms with Crippen LogP contribution in [0.2, 0.25) is 0 Å². The van der Waals surface area contributed by atoms with Crippen LogP contribution in [0.4, 0.5) is 0 Å².